The van der Waals surface area contributed by atoms with E-state index in [9.17, 15) is 9.59 Å². The maximum absolute atomic E-state index is 12.0. The lowest BCUT2D eigenvalue weighted by Crippen LogP contribution is -1.96. The number of hydrogen-bond donors (Lipinski definition) is 1. The lowest BCUT2D eigenvalue weighted by atomic mass is 10.0. The van der Waals surface area contributed by atoms with Gasteiger partial charge in [-0.25, -0.2) is 4.79 Å². The van der Waals surface area contributed by atoms with Gasteiger partial charge in [0.25, 0.3) is 0 Å². The molecule has 0 aromatic carbocycles. The van der Waals surface area contributed by atoms with Crippen LogP contribution in [0, 0.1) is 0 Å². The van der Waals surface area contributed by atoms with E-state index >= 15 is 0 Å². The third-order valence-corrected chi connectivity index (χ3v) is 3.35. The second kappa shape index (κ2) is 11.6. The summed E-state index contributed by atoms with van der Waals surface area (Å²) < 4.78 is 0. The average molecular weight is 318 g/mol. The minimum Gasteiger partial charge on any atom is -0.478 e. The van der Waals surface area contributed by atoms with E-state index in [1.807, 2.05) is 19.9 Å². The van der Waals surface area contributed by atoms with Crippen molar-refractivity contribution in [2.24, 2.45) is 0 Å². The number of carbonyl (C=O) groups is 2. The van der Waals surface area contributed by atoms with Gasteiger partial charge in [0.1, 0.15) is 0 Å². The Labute approximate surface area is 140 Å². The Morgan fingerprint density at radius 2 is 1.30 bits per heavy atom. The van der Waals surface area contributed by atoms with Crippen molar-refractivity contribution in [3.8, 4) is 0 Å². The Hall–Kier alpha value is -1.90. The zero-order valence-corrected chi connectivity index (χ0v) is 15.1. The average Bonchev–Trinajstić information content (AvgIpc) is 2.36. The fourth-order valence-corrected chi connectivity index (χ4v) is 2.16. The highest BCUT2D eigenvalue weighted by atomic mass is 16.4. The van der Waals surface area contributed by atoms with Gasteiger partial charge in [-0.05, 0) is 66.4 Å². The van der Waals surface area contributed by atoms with Crippen LogP contribution in [0.4, 0.5) is 0 Å². The van der Waals surface area contributed by atoms with Crippen LogP contribution >= 0.6 is 0 Å². The first-order valence-electron chi connectivity index (χ1n) is 8.09. The van der Waals surface area contributed by atoms with E-state index in [-0.39, 0.29) is 5.78 Å². The Bertz CT molecular complexity index is 527. The molecule has 0 bridgehead atoms. The SMILES string of the molecule is CC(C)=CCC/C(C)=C/C(=O)C/C(C)=C/CC/C(C)=C/C(=O)O. The van der Waals surface area contributed by atoms with Crippen molar-refractivity contribution in [1.82, 2.24) is 0 Å². The van der Waals surface area contributed by atoms with E-state index in [0.717, 1.165) is 36.0 Å². The summed E-state index contributed by atoms with van der Waals surface area (Å²) in [5.41, 5.74) is 4.28. The summed E-state index contributed by atoms with van der Waals surface area (Å²) in [6.07, 6.45) is 11.0. The van der Waals surface area contributed by atoms with Crippen LogP contribution < -0.4 is 0 Å². The van der Waals surface area contributed by atoms with Crippen LogP contribution in [0.25, 0.3) is 0 Å². The number of rotatable bonds is 10. The van der Waals surface area contributed by atoms with E-state index in [4.69, 9.17) is 5.11 Å². The number of carbonyl (C=O) groups excluding carboxylic acids is 1. The summed E-state index contributed by atoms with van der Waals surface area (Å²) in [5.74, 6) is -0.779. The van der Waals surface area contributed by atoms with Crippen molar-refractivity contribution in [2.45, 2.75) is 66.7 Å². The summed E-state index contributed by atoms with van der Waals surface area (Å²) >= 11 is 0. The number of carboxylic acids is 1. The largest absolute Gasteiger partial charge is 0.478 e. The highest BCUT2D eigenvalue weighted by Gasteiger charge is 2.01. The van der Waals surface area contributed by atoms with Gasteiger partial charge in [0, 0.05) is 12.5 Å². The molecule has 0 spiro atoms. The van der Waals surface area contributed by atoms with E-state index in [1.165, 1.54) is 11.6 Å². The van der Waals surface area contributed by atoms with Crippen LogP contribution in [-0.2, 0) is 9.59 Å². The normalized spacial score (nSPS) is 13.0. The maximum Gasteiger partial charge on any atom is 0.328 e. The smallest absolute Gasteiger partial charge is 0.328 e. The van der Waals surface area contributed by atoms with Gasteiger partial charge in [0.2, 0.25) is 0 Å². The number of ketones is 1. The first kappa shape index (κ1) is 21.1. The molecule has 0 fully saturated rings. The Balaban J connectivity index is 4.30. The molecule has 128 valence electrons. The molecular weight excluding hydrogens is 288 g/mol. The summed E-state index contributed by atoms with van der Waals surface area (Å²) in [4.78, 5) is 22.5. The molecular formula is C20H30O3. The van der Waals surface area contributed by atoms with Crippen molar-refractivity contribution >= 4 is 11.8 Å². The van der Waals surface area contributed by atoms with Crippen LogP contribution in [0.3, 0.4) is 0 Å². The zero-order valence-electron chi connectivity index (χ0n) is 15.1. The number of hydrogen-bond acceptors (Lipinski definition) is 2. The molecule has 0 rings (SSSR count). The molecule has 1 N–H and O–H groups in total. The predicted octanol–water partition coefficient (Wildman–Crippen LogP) is 5.40. The Morgan fingerprint density at radius 3 is 1.83 bits per heavy atom. The third kappa shape index (κ3) is 13.5. The molecule has 0 aliphatic rings. The molecule has 0 aromatic heterocycles. The molecule has 0 aliphatic carbocycles. The summed E-state index contributed by atoms with van der Waals surface area (Å²) in [7, 11) is 0. The number of allylic oxidation sites excluding steroid dienone is 7. The van der Waals surface area contributed by atoms with E-state index in [1.54, 1.807) is 13.0 Å². The Morgan fingerprint density at radius 1 is 0.783 bits per heavy atom. The van der Waals surface area contributed by atoms with Gasteiger partial charge in [-0.3, -0.25) is 4.79 Å². The van der Waals surface area contributed by atoms with Gasteiger partial charge in [0.05, 0.1) is 0 Å². The minimum absolute atomic E-state index is 0.131. The second-order valence-electron chi connectivity index (χ2n) is 6.37. The van der Waals surface area contributed by atoms with Crippen molar-refractivity contribution in [1.29, 1.82) is 0 Å². The van der Waals surface area contributed by atoms with Crippen LogP contribution in [0.15, 0.2) is 46.6 Å². The van der Waals surface area contributed by atoms with Gasteiger partial charge in [0.15, 0.2) is 5.78 Å². The van der Waals surface area contributed by atoms with Gasteiger partial charge in [-0.1, -0.05) is 34.4 Å². The molecule has 0 unspecified atom stereocenters. The summed E-state index contributed by atoms with van der Waals surface area (Å²) in [6, 6.07) is 0. The molecule has 3 nitrogen and oxygen atoms in total. The standard InChI is InChI=1S/C20H30O3/c1-15(2)8-6-9-16(3)12-19(21)13-17(4)10-7-11-18(5)14-20(22)23/h8,10,12,14H,6-7,9,11,13H2,1-5H3,(H,22,23)/b16-12+,17-10+,18-14+. The molecule has 0 saturated heterocycles. The van der Waals surface area contributed by atoms with Gasteiger partial charge in [-0.2, -0.15) is 0 Å². The molecule has 23 heavy (non-hydrogen) atoms. The summed E-state index contributed by atoms with van der Waals surface area (Å²) in [5, 5.41) is 8.64. The second-order valence-corrected chi connectivity index (χ2v) is 6.37. The van der Waals surface area contributed by atoms with Gasteiger partial charge >= 0.3 is 5.97 Å². The van der Waals surface area contributed by atoms with Crippen LogP contribution in [0.5, 0.6) is 0 Å². The molecule has 0 radical (unpaired) electrons. The molecule has 0 heterocycles. The van der Waals surface area contributed by atoms with Gasteiger partial charge in [-0.15, -0.1) is 0 Å². The lowest BCUT2D eigenvalue weighted by molar-refractivity contribution is -0.131. The molecule has 0 aliphatic heterocycles. The minimum atomic E-state index is -0.910. The highest BCUT2D eigenvalue weighted by Crippen LogP contribution is 2.11. The molecule has 0 amide bonds. The molecule has 0 atom stereocenters. The maximum atomic E-state index is 12.0. The first-order valence-corrected chi connectivity index (χ1v) is 8.09. The van der Waals surface area contributed by atoms with E-state index in [0.29, 0.717) is 12.8 Å². The van der Waals surface area contributed by atoms with Crippen LogP contribution in [0.2, 0.25) is 0 Å². The highest BCUT2D eigenvalue weighted by molar-refractivity contribution is 5.91. The van der Waals surface area contributed by atoms with E-state index < -0.39 is 5.97 Å². The first-order chi connectivity index (χ1) is 10.7. The van der Waals surface area contributed by atoms with Crippen molar-refractivity contribution in [3.05, 3.63) is 46.6 Å². The van der Waals surface area contributed by atoms with Crippen molar-refractivity contribution in [2.75, 3.05) is 0 Å². The van der Waals surface area contributed by atoms with Crippen molar-refractivity contribution in [3.63, 3.8) is 0 Å². The topological polar surface area (TPSA) is 54.4 Å². The fourth-order valence-electron chi connectivity index (χ4n) is 2.16. The molecule has 0 saturated carbocycles. The summed E-state index contributed by atoms with van der Waals surface area (Å²) in [6.45, 7) is 9.90. The molecule has 3 heteroatoms. The number of aliphatic carboxylic acids is 1. The van der Waals surface area contributed by atoms with Gasteiger partial charge < -0.3 is 5.11 Å². The van der Waals surface area contributed by atoms with Crippen molar-refractivity contribution < 1.29 is 14.7 Å². The Kier molecular flexibility index (Phi) is 10.7. The molecule has 0 aromatic rings. The number of carboxylic acid groups (broad SMARTS) is 1. The fraction of sp³-hybridized carbons (Fsp3) is 0.500. The zero-order chi connectivity index (χ0) is 17.8. The predicted molar refractivity (Wildman–Crippen MR) is 96.4 cm³/mol. The monoisotopic (exact) mass is 318 g/mol. The quantitative estimate of drug-likeness (QED) is 0.433. The third-order valence-electron chi connectivity index (χ3n) is 3.35. The lowest BCUT2D eigenvalue weighted by Gasteiger charge is -2.02. The van der Waals surface area contributed by atoms with E-state index in [2.05, 4.69) is 19.9 Å². The van der Waals surface area contributed by atoms with Crippen LogP contribution in [-0.4, -0.2) is 16.9 Å². The van der Waals surface area contributed by atoms with Crippen LogP contribution in [0.1, 0.15) is 66.7 Å².